The number of carbonyl (C=O) groups is 1. The second-order valence-corrected chi connectivity index (χ2v) is 10.2. The van der Waals surface area contributed by atoms with Crippen LogP contribution in [0.5, 0.6) is 0 Å². The molecule has 3 aromatic carbocycles. The minimum atomic E-state index is -1.92. The molecule has 0 bridgehead atoms. The van der Waals surface area contributed by atoms with Crippen LogP contribution in [0.2, 0.25) is 0 Å². The largest absolute Gasteiger partial charge is 0.465 e. The van der Waals surface area contributed by atoms with Gasteiger partial charge in [-0.3, -0.25) is 0 Å². The third-order valence-electron chi connectivity index (χ3n) is 5.00. The topological polar surface area (TPSA) is 26.3 Å². The van der Waals surface area contributed by atoms with Gasteiger partial charge < -0.3 is 4.74 Å². The number of ether oxygens (including phenoxy) is 1. The molecule has 0 aliphatic carbocycles. The highest BCUT2D eigenvalue weighted by Crippen LogP contribution is 2.55. The summed E-state index contributed by atoms with van der Waals surface area (Å²) in [5.74, 6) is -0.313. The molecular weight excluding hydrogens is 375 g/mol. The van der Waals surface area contributed by atoms with Crippen LogP contribution in [0.3, 0.4) is 0 Å². The number of rotatable bonds is 7. The summed E-state index contributed by atoms with van der Waals surface area (Å²) in [6.07, 6.45) is 6.61. The maximum atomic E-state index is 12.0. The normalized spacial score (nSPS) is 12.1. The Morgan fingerprint density at radius 1 is 0.793 bits per heavy atom. The summed E-state index contributed by atoms with van der Waals surface area (Å²) >= 11 is 0. The van der Waals surface area contributed by atoms with Gasteiger partial charge in [-0.15, -0.1) is 0 Å². The van der Waals surface area contributed by atoms with Gasteiger partial charge >= 0.3 is 5.97 Å². The van der Waals surface area contributed by atoms with Crippen LogP contribution in [-0.4, -0.2) is 19.2 Å². The minimum Gasteiger partial charge on any atom is -0.465 e. The second kappa shape index (κ2) is 10.0. The zero-order valence-electron chi connectivity index (χ0n) is 16.9. The lowest BCUT2D eigenvalue weighted by molar-refractivity contribution is -0.135. The standard InChI is InChI=1S/C26H26O2P/c1-3-22(26(27)28-2)14-13-21-29(23-15-7-4-8-16-23,24-17-9-5-10-18-24)25-19-11-6-12-20-25/h3-20H,21H2,1-2H3/q+1/b14-13-,22-3+. The molecule has 0 unspecified atom stereocenters. The quantitative estimate of drug-likeness (QED) is 0.249. The summed E-state index contributed by atoms with van der Waals surface area (Å²) in [6, 6.07) is 32.1. The van der Waals surface area contributed by atoms with Crippen LogP contribution in [0.4, 0.5) is 0 Å². The van der Waals surface area contributed by atoms with Gasteiger partial charge in [0.15, 0.2) is 0 Å². The first kappa shape index (κ1) is 20.8. The Morgan fingerprint density at radius 2 is 1.21 bits per heavy atom. The highest BCUT2D eigenvalue weighted by molar-refractivity contribution is 7.95. The Hall–Kier alpha value is -2.96. The Labute approximate surface area is 173 Å². The maximum absolute atomic E-state index is 12.0. The van der Waals surface area contributed by atoms with E-state index in [-0.39, 0.29) is 5.97 Å². The molecule has 0 atom stereocenters. The first-order chi connectivity index (χ1) is 14.2. The summed E-state index contributed by atoms with van der Waals surface area (Å²) in [5.41, 5.74) is 0.569. The van der Waals surface area contributed by atoms with Crippen molar-refractivity contribution < 1.29 is 9.53 Å². The fraction of sp³-hybridized carbons (Fsp3) is 0.115. The predicted octanol–water partition coefficient (Wildman–Crippen LogP) is 4.66. The molecule has 3 heteroatoms. The lowest BCUT2D eigenvalue weighted by atomic mass is 10.2. The van der Waals surface area contributed by atoms with E-state index in [1.165, 1.54) is 23.0 Å². The third-order valence-corrected chi connectivity index (χ3v) is 9.30. The summed E-state index contributed by atoms with van der Waals surface area (Å²) in [5, 5.41) is 3.96. The van der Waals surface area contributed by atoms with Gasteiger partial charge in [0, 0.05) is 0 Å². The monoisotopic (exact) mass is 401 g/mol. The molecule has 0 radical (unpaired) electrons. The SMILES string of the molecule is C/C=C(\C=C/C[P+](c1ccccc1)(c1ccccc1)c1ccccc1)C(=O)OC. The zero-order chi connectivity index (χ0) is 20.5. The van der Waals surface area contributed by atoms with Gasteiger partial charge in [-0.1, -0.05) is 60.7 Å². The molecule has 0 aliphatic heterocycles. The minimum absolute atomic E-state index is 0.313. The van der Waals surface area contributed by atoms with Gasteiger partial charge in [0.2, 0.25) is 0 Å². The van der Waals surface area contributed by atoms with E-state index in [0.29, 0.717) is 5.57 Å². The first-order valence-electron chi connectivity index (χ1n) is 9.68. The molecule has 0 saturated carbocycles. The average molecular weight is 401 g/mol. The average Bonchev–Trinajstić information content (AvgIpc) is 2.81. The number of allylic oxidation sites excluding steroid dienone is 2. The molecule has 0 N–H and O–H groups in total. The van der Waals surface area contributed by atoms with E-state index in [4.69, 9.17) is 4.74 Å². The molecule has 29 heavy (non-hydrogen) atoms. The Balaban J connectivity index is 2.16. The fourth-order valence-corrected chi connectivity index (χ4v) is 7.54. The van der Waals surface area contributed by atoms with Gasteiger partial charge in [-0.25, -0.2) is 4.79 Å². The number of hydrogen-bond acceptors (Lipinski definition) is 2. The maximum Gasteiger partial charge on any atom is 0.337 e. The van der Waals surface area contributed by atoms with Crippen LogP contribution < -0.4 is 15.9 Å². The summed E-state index contributed by atoms with van der Waals surface area (Å²) < 4.78 is 4.89. The number of methoxy groups -OCH3 is 1. The summed E-state index contributed by atoms with van der Waals surface area (Å²) in [6.45, 7) is 1.85. The molecule has 0 saturated heterocycles. The van der Waals surface area contributed by atoms with Crippen molar-refractivity contribution in [1.82, 2.24) is 0 Å². The molecule has 3 rings (SSSR count). The van der Waals surface area contributed by atoms with Crippen LogP contribution in [0.15, 0.2) is 115 Å². The van der Waals surface area contributed by atoms with E-state index in [0.717, 1.165) is 6.16 Å². The van der Waals surface area contributed by atoms with Crippen LogP contribution in [0.25, 0.3) is 0 Å². The van der Waals surface area contributed by atoms with Gasteiger partial charge in [-0.05, 0) is 55.5 Å². The molecule has 2 nitrogen and oxygen atoms in total. The van der Waals surface area contributed by atoms with Crippen molar-refractivity contribution in [3.05, 3.63) is 115 Å². The molecule has 3 aromatic rings. The molecular formula is C26H26O2P+. The number of benzene rings is 3. The molecule has 0 fully saturated rings. The molecule has 0 amide bonds. The molecule has 0 spiro atoms. The first-order valence-corrected chi connectivity index (χ1v) is 11.7. The number of esters is 1. The predicted molar refractivity (Wildman–Crippen MR) is 125 cm³/mol. The molecule has 0 aromatic heterocycles. The van der Waals surface area contributed by atoms with E-state index in [9.17, 15) is 4.79 Å². The van der Waals surface area contributed by atoms with Gasteiger partial charge in [0.25, 0.3) is 0 Å². The number of carbonyl (C=O) groups excluding carboxylic acids is 1. The van der Waals surface area contributed by atoms with E-state index in [1.807, 2.05) is 13.0 Å². The van der Waals surface area contributed by atoms with Gasteiger partial charge in [0.05, 0.1) is 18.8 Å². The van der Waals surface area contributed by atoms with Crippen molar-refractivity contribution in [3.63, 3.8) is 0 Å². The van der Waals surface area contributed by atoms with Gasteiger partial charge in [-0.2, -0.15) is 0 Å². The number of hydrogen-bond donors (Lipinski definition) is 0. The fourth-order valence-electron chi connectivity index (χ4n) is 3.55. The van der Waals surface area contributed by atoms with Crippen LogP contribution in [-0.2, 0) is 9.53 Å². The van der Waals surface area contributed by atoms with Crippen LogP contribution in [0.1, 0.15) is 6.92 Å². The van der Waals surface area contributed by atoms with E-state index in [1.54, 1.807) is 6.08 Å². The Bertz CT molecular complexity index is 880. The third kappa shape index (κ3) is 4.55. The molecule has 0 aliphatic rings. The highest BCUT2D eigenvalue weighted by Gasteiger charge is 2.44. The van der Waals surface area contributed by atoms with Crippen molar-refractivity contribution in [2.24, 2.45) is 0 Å². The molecule has 0 heterocycles. The van der Waals surface area contributed by atoms with E-state index in [2.05, 4.69) is 97.1 Å². The zero-order valence-corrected chi connectivity index (χ0v) is 17.8. The highest BCUT2D eigenvalue weighted by atomic mass is 31.2. The lowest BCUT2D eigenvalue weighted by Crippen LogP contribution is -2.32. The Morgan fingerprint density at radius 3 is 1.55 bits per heavy atom. The molecule has 146 valence electrons. The summed E-state index contributed by atoms with van der Waals surface area (Å²) in [7, 11) is -0.513. The van der Waals surface area contributed by atoms with Crippen molar-refractivity contribution in [1.29, 1.82) is 0 Å². The second-order valence-electron chi connectivity index (χ2n) is 6.64. The summed E-state index contributed by atoms with van der Waals surface area (Å²) in [4.78, 5) is 12.0. The Kier molecular flexibility index (Phi) is 7.16. The van der Waals surface area contributed by atoms with Crippen molar-refractivity contribution in [3.8, 4) is 0 Å². The van der Waals surface area contributed by atoms with Crippen LogP contribution in [0, 0.1) is 0 Å². The van der Waals surface area contributed by atoms with Crippen molar-refractivity contribution >= 4 is 29.1 Å². The lowest BCUT2D eigenvalue weighted by Gasteiger charge is -2.26. The van der Waals surface area contributed by atoms with E-state index < -0.39 is 7.26 Å². The smallest absolute Gasteiger partial charge is 0.337 e. The van der Waals surface area contributed by atoms with E-state index >= 15 is 0 Å². The van der Waals surface area contributed by atoms with Gasteiger partial charge in [0.1, 0.15) is 23.2 Å². The van der Waals surface area contributed by atoms with Crippen molar-refractivity contribution in [2.75, 3.05) is 13.3 Å². The van der Waals surface area contributed by atoms with Crippen molar-refractivity contribution in [2.45, 2.75) is 6.92 Å². The van der Waals surface area contributed by atoms with Crippen LogP contribution >= 0.6 is 7.26 Å².